The summed E-state index contributed by atoms with van der Waals surface area (Å²) in [5.74, 6) is -1.77. The number of carbonyl (C=O) groups excluding carboxylic acids is 1. The predicted octanol–water partition coefficient (Wildman–Crippen LogP) is 11.2. The Morgan fingerprint density at radius 1 is 0.549 bits per heavy atom. The predicted molar refractivity (Wildman–Crippen MR) is 208 cm³/mol. The number of rotatable bonds is 41. The van der Waals surface area contributed by atoms with Crippen LogP contribution in [0.2, 0.25) is 0 Å². The molecule has 0 heterocycles. The van der Waals surface area contributed by atoms with Crippen molar-refractivity contribution < 1.29 is 42.7 Å². The molecule has 304 valence electrons. The number of phosphoric ester groups is 1. The maximum atomic E-state index is 12.6. The number of hydrogen-bond acceptors (Lipinski definition) is 8. The quantitative estimate of drug-likeness (QED) is 0.0312. The van der Waals surface area contributed by atoms with Crippen molar-refractivity contribution >= 4 is 19.8 Å². The Morgan fingerprint density at radius 2 is 0.902 bits per heavy atom. The lowest BCUT2D eigenvalue weighted by molar-refractivity contribution is -0.154. The molecule has 0 amide bonds. The van der Waals surface area contributed by atoms with Crippen LogP contribution in [0.1, 0.15) is 206 Å². The van der Waals surface area contributed by atoms with E-state index in [9.17, 15) is 19.0 Å². The first-order valence-corrected chi connectivity index (χ1v) is 22.6. The van der Waals surface area contributed by atoms with Crippen molar-refractivity contribution in [3.8, 4) is 0 Å². The second kappa shape index (κ2) is 37.3. The van der Waals surface area contributed by atoms with Gasteiger partial charge in [-0.1, -0.05) is 187 Å². The maximum Gasteiger partial charge on any atom is 0.472 e. The third-order valence-corrected chi connectivity index (χ3v) is 10.3. The molecular weight excluding hydrogens is 669 g/mol. The van der Waals surface area contributed by atoms with Crippen LogP contribution in [0.4, 0.5) is 0 Å². The van der Waals surface area contributed by atoms with E-state index in [0.717, 1.165) is 38.5 Å². The normalized spacial score (nSPS) is 14.0. The molecule has 0 bridgehead atoms. The average Bonchev–Trinajstić information content (AvgIpc) is 3.10. The van der Waals surface area contributed by atoms with Crippen LogP contribution in [0.5, 0.6) is 0 Å². The number of unbranched alkanes of at least 4 members (excludes halogenated alkanes) is 27. The topological polar surface area (TPSA) is 155 Å². The first-order valence-electron chi connectivity index (χ1n) is 21.1. The number of nitrogens with two attached hydrogens (primary N) is 1. The molecule has 0 aliphatic rings. The fraction of sp³-hybridized carbons (Fsp3) is 0.950. The van der Waals surface area contributed by atoms with Gasteiger partial charge in [0.25, 0.3) is 0 Å². The maximum absolute atomic E-state index is 12.6. The van der Waals surface area contributed by atoms with Crippen molar-refractivity contribution in [2.45, 2.75) is 219 Å². The summed E-state index contributed by atoms with van der Waals surface area (Å²) >= 11 is 0. The minimum Gasteiger partial charge on any atom is -0.480 e. The number of carboxylic acid groups (broad SMARTS) is 1. The van der Waals surface area contributed by atoms with Crippen molar-refractivity contribution in [1.82, 2.24) is 0 Å². The Bertz CT molecular complexity index is 832. The molecule has 0 saturated heterocycles. The summed E-state index contributed by atoms with van der Waals surface area (Å²) in [5, 5.41) is 8.87. The fourth-order valence-electron chi connectivity index (χ4n) is 6.08. The van der Waals surface area contributed by atoms with Gasteiger partial charge in [0, 0.05) is 13.0 Å². The van der Waals surface area contributed by atoms with E-state index in [2.05, 4.69) is 13.8 Å². The summed E-state index contributed by atoms with van der Waals surface area (Å²) in [7, 11) is -4.60. The highest BCUT2D eigenvalue weighted by Crippen LogP contribution is 2.43. The third kappa shape index (κ3) is 37.1. The lowest BCUT2D eigenvalue weighted by atomic mass is 10.0. The Balaban J connectivity index is 4.16. The van der Waals surface area contributed by atoms with Gasteiger partial charge >= 0.3 is 19.8 Å². The second-order valence-corrected chi connectivity index (χ2v) is 15.9. The zero-order chi connectivity index (χ0) is 37.7. The zero-order valence-electron chi connectivity index (χ0n) is 33.0. The van der Waals surface area contributed by atoms with Gasteiger partial charge in [-0.05, 0) is 12.8 Å². The molecule has 10 nitrogen and oxygen atoms in total. The summed E-state index contributed by atoms with van der Waals surface area (Å²) in [6, 6.07) is -1.47. The van der Waals surface area contributed by atoms with E-state index in [1.54, 1.807) is 0 Å². The van der Waals surface area contributed by atoms with Gasteiger partial charge in [0.05, 0.1) is 19.8 Å². The minimum absolute atomic E-state index is 0.0254. The van der Waals surface area contributed by atoms with Gasteiger partial charge in [-0.15, -0.1) is 0 Å². The largest absolute Gasteiger partial charge is 0.480 e. The molecular formula is C40H80NO9P. The molecule has 0 aromatic heterocycles. The van der Waals surface area contributed by atoms with Crippen molar-refractivity contribution in [2.75, 3.05) is 26.4 Å². The highest BCUT2D eigenvalue weighted by molar-refractivity contribution is 7.47. The van der Waals surface area contributed by atoms with Crippen LogP contribution in [0.15, 0.2) is 0 Å². The van der Waals surface area contributed by atoms with E-state index in [-0.39, 0.29) is 13.0 Å². The van der Waals surface area contributed by atoms with Crippen LogP contribution in [-0.2, 0) is 32.7 Å². The molecule has 0 aliphatic carbocycles. The Labute approximate surface area is 312 Å². The number of aliphatic carboxylic acids is 1. The number of esters is 1. The van der Waals surface area contributed by atoms with E-state index in [1.165, 1.54) is 148 Å². The summed E-state index contributed by atoms with van der Waals surface area (Å²) in [5.41, 5.74) is 5.34. The summed E-state index contributed by atoms with van der Waals surface area (Å²) < 4.78 is 33.3. The average molecular weight is 750 g/mol. The van der Waals surface area contributed by atoms with Gasteiger partial charge < -0.3 is 25.2 Å². The Morgan fingerprint density at radius 3 is 1.29 bits per heavy atom. The molecule has 0 aromatic rings. The van der Waals surface area contributed by atoms with E-state index < -0.39 is 45.1 Å². The molecule has 3 atom stereocenters. The number of hydrogen-bond donors (Lipinski definition) is 3. The zero-order valence-corrected chi connectivity index (χ0v) is 33.9. The smallest absolute Gasteiger partial charge is 0.472 e. The first-order chi connectivity index (χ1) is 24.7. The van der Waals surface area contributed by atoms with E-state index in [4.69, 9.17) is 29.4 Å². The molecule has 0 rings (SSSR count). The Kier molecular flexibility index (Phi) is 36.5. The van der Waals surface area contributed by atoms with Crippen LogP contribution < -0.4 is 5.73 Å². The molecule has 0 fully saturated rings. The molecule has 4 N–H and O–H groups in total. The van der Waals surface area contributed by atoms with Crippen molar-refractivity contribution in [2.24, 2.45) is 5.73 Å². The molecule has 0 spiro atoms. The van der Waals surface area contributed by atoms with Crippen LogP contribution in [0.25, 0.3) is 0 Å². The first kappa shape index (κ1) is 50.0. The van der Waals surface area contributed by atoms with Crippen LogP contribution in [0, 0.1) is 0 Å². The van der Waals surface area contributed by atoms with Gasteiger partial charge in [0.15, 0.2) is 0 Å². The standard InChI is InChI=1S/C40H80NO9P/c1-3-5-7-9-11-13-15-16-17-18-19-20-21-23-25-27-29-31-33-47-34-37(35-48-51(45,46)49-36-38(41)40(43)44)50-39(42)32-30-28-26-24-22-14-12-10-8-6-4-2/h37-38H,3-36,41H2,1-2H3,(H,43,44)(H,45,46). The molecule has 11 heteroatoms. The third-order valence-electron chi connectivity index (χ3n) is 9.39. The summed E-state index contributed by atoms with van der Waals surface area (Å²) in [4.78, 5) is 33.4. The fourth-order valence-corrected chi connectivity index (χ4v) is 6.85. The van der Waals surface area contributed by atoms with Gasteiger partial charge in [0.2, 0.25) is 0 Å². The highest BCUT2D eigenvalue weighted by atomic mass is 31.2. The van der Waals surface area contributed by atoms with Crippen LogP contribution in [0.3, 0.4) is 0 Å². The SMILES string of the molecule is CCCCCCCCCCCCCCCCCCCCOCC(COP(=O)(O)OCC(N)C(=O)O)OC(=O)CCCCCCCCCCCCC. The van der Waals surface area contributed by atoms with E-state index in [0.29, 0.717) is 6.61 Å². The number of ether oxygens (including phenoxy) is 2. The molecule has 3 unspecified atom stereocenters. The highest BCUT2D eigenvalue weighted by Gasteiger charge is 2.27. The second-order valence-electron chi connectivity index (χ2n) is 14.5. The van der Waals surface area contributed by atoms with Gasteiger partial charge in [0.1, 0.15) is 12.1 Å². The molecule has 0 aromatic carbocycles. The molecule has 51 heavy (non-hydrogen) atoms. The van der Waals surface area contributed by atoms with E-state index >= 15 is 0 Å². The number of phosphoric acid groups is 1. The van der Waals surface area contributed by atoms with E-state index in [1.807, 2.05) is 0 Å². The monoisotopic (exact) mass is 750 g/mol. The van der Waals surface area contributed by atoms with Crippen molar-refractivity contribution in [3.63, 3.8) is 0 Å². The molecule has 0 radical (unpaired) electrons. The van der Waals surface area contributed by atoms with Crippen molar-refractivity contribution in [1.29, 1.82) is 0 Å². The lowest BCUT2D eigenvalue weighted by Crippen LogP contribution is -2.34. The van der Waals surface area contributed by atoms with Crippen LogP contribution >= 0.6 is 7.82 Å². The minimum atomic E-state index is -4.60. The van der Waals surface area contributed by atoms with Gasteiger partial charge in [-0.2, -0.15) is 0 Å². The number of carboxylic acids is 1. The van der Waals surface area contributed by atoms with Gasteiger partial charge in [-0.25, -0.2) is 4.57 Å². The summed E-state index contributed by atoms with van der Waals surface area (Å²) in [6.07, 6.45) is 35.8. The molecule has 0 saturated carbocycles. The molecule has 0 aliphatic heterocycles. The summed E-state index contributed by atoms with van der Waals surface area (Å²) in [6.45, 7) is 3.91. The number of carbonyl (C=O) groups is 2. The van der Waals surface area contributed by atoms with Crippen molar-refractivity contribution in [3.05, 3.63) is 0 Å². The lowest BCUT2D eigenvalue weighted by Gasteiger charge is -2.20. The van der Waals surface area contributed by atoms with Crippen LogP contribution in [-0.4, -0.2) is 60.5 Å². The Hall–Kier alpha value is -1.03. The van der Waals surface area contributed by atoms with Gasteiger partial charge in [-0.3, -0.25) is 18.6 Å².